The van der Waals surface area contributed by atoms with Crippen molar-refractivity contribution in [3.05, 3.63) is 0 Å². The Morgan fingerprint density at radius 3 is 2.67 bits per heavy atom. The maximum absolute atomic E-state index is 5.55. The van der Waals surface area contributed by atoms with Crippen molar-refractivity contribution < 1.29 is 4.74 Å². The summed E-state index contributed by atoms with van der Waals surface area (Å²) < 4.78 is 5.55. The summed E-state index contributed by atoms with van der Waals surface area (Å²) in [5.74, 6) is 1.19. The zero-order valence-electron chi connectivity index (χ0n) is 9.65. The maximum Gasteiger partial charge on any atom is 0.0621 e. The quantitative estimate of drug-likeness (QED) is 0.721. The minimum Gasteiger partial charge on any atom is -0.380 e. The average molecular weight is 230 g/mol. The Kier molecular flexibility index (Phi) is 4.75. The zero-order chi connectivity index (χ0) is 10.5. The van der Waals surface area contributed by atoms with Crippen LogP contribution in [0.5, 0.6) is 0 Å². The highest BCUT2D eigenvalue weighted by Gasteiger charge is 2.25. The Hall–Kier alpha value is 0.230. The Balaban J connectivity index is 1.72. The molecule has 1 atom stereocenters. The fraction of sp³-hybridized carbons (Fsp3) is 1.00. The van der Waals surface area contributed by atoms with Gasteiger partial charge in [-0.3, -0.25) is 9.80 Å². The molecule has 0 aromatic rings. The lowest BCUT2D eigenvalue weighted by atomic mass is 10.1. The largest absolute Gasteiger partial charge is 0.380 e. The number of nitrogens with zero attached hydrogens (tertiary/aromatic N) is 2. The molecule has 0 aromatic carbocycles. The lowest BCUT2D eigenvalue weighted by Crippen LogP contribution is -2.52. The molecule has 0 bridgehead atoms. The topological polar surface area (TPSA) is 15.7 Å². The summed E-state index contributed by atoms with van der Waals surface area (Å²) in [5.41, 5.74) is 0. The molecular weight excluding hydrogens is 208 g/mol. The SMILES string of the molecule is CSCN1CCN(C2CCCOC2)CC1. The Bertz CT molecular complexity index is 177. The molecule has 4 heteroatoms. The second-order valence-corrected chi connectivity index (χ2v) is 5.28. The van der Waals surface area contributed by atoms with Gasteiger partial charge in [-0.15, -0.1) is 11.8 Å². The molecule has 1 unspecified atom stereocenters. The van der Waals surface area contributed by atoms with Crippen molar-refractivity contribution in [3.8, 4) is 0 Å². The van der Waals surface area contributed by atoms with Gasteiger partial charge in [-0.1, -0.05) is 0 Å². The van der Waals surface area contributed by atoms with Gasteiger partial charge in [0.15, 0.2) is 0 Å². The number of hydrogen-bond acceptors (Lipinski definition) is 4. The molecular formula is C11H22N2OS. The zero-order valence-corrected chi connectivity index (χ0v) is 10.5. The van der Waals surface area contributed by atoms with Gasteiger partial charge >= 0.3 is 0 Å². The third kappa shape index (κ3) is 3.34. The molecule has 88 valence electrons. The van der Waals surface area contributed by atoms with Crippen LogP contribution >= 0.6 is 11.8 Å². The van der Waals surface area contributed by atoms with Gasteiger partial charge in [-0.2, -0.15) is 0 Å². The minimum atomic E-state index is 0.704. The Morgan fingerprint density at radius 2 is 2.07 bits per heavy atom. The van der Waals surface area contributed by atoms with Gasteiger partial charge in [0.2, 0.25) is 0 Å². The van der Waals surface area contributed by atoms with Crippen molar-refractivity contribution in [2.45, 2.75) is 18.9 Å². The van der Waals surface area contributed by atoms with Gasteiger partial charge in [-0.05, 0) is 19.1 Å². The van der Waals surface area contributed by atoms with Crippen molar-refractivity contribution in [2.24, 2.45) is 0 Å². The summed E-state index contributed by atoms with van der Waals surface area (Å²) in [7, 11) is 0. The summed E-state index contributed by atoms with van der Waals surface area (Å²) in [6.07, 6.45) is 4.76. The third-order valence-electron chi connectivity index (χ3n) is 3.37. The van der Waals surface area contributed by atoms with Crippen LogP contribution < -0.4 is 0 Å². The van der Waals surface area contributed by atoms with Crippen LogP contribution in [0.1, 0.15) is 12.8 Å². The first-order valence-electron chi connectivity index (χ1n) is 5.93. The van der Waals surface area contributed by atoms with Crippen LogP contribution in [-0.2, 0) is 4.74 Å². The molecule has 3 nitrogen and oxygen atoms in total. The molecule has 2 heterocycles. The summed E-state index contributed by atoms with van der Waals surface area (Å²) in [6, 6.07) is 0.704. The van der Waals surface area contributed by atoms with E-state index < -0.39 is 0 Å². The predicted octanol–water partition coefficient (Wildman–Crippen LogP) is 1.10. The van der Waals surface area contributed by atoms with Crippen LogP contribution in [0.4, 0.5) is 0 Å². The molecule has 0 radical (unpaired) electrons. The van der Waals surface area contributed by atoms with Gasteiger partial charge in [0.05, 0.1) is 6.61 Å². The van der Waals surface area contributed by atoms with Gasteiger partial charge in [0, 0.05) is 44.7 Å². The first-order chi connectivity index (χ1) is 7.40. The van der Waals surface area contributed by atoms with Crippen LogP contribution in [0.25, 0.3) is 0 Å². The van der Waals surface area contributed by atoms with E-state index in [2.05, 4.69) is 16.1 Å². The van der Waals surface area contributed by atoms with E-state index >= 15 is 0 Å². The Morgan fingerprint density at radius 1 is 1.27 bits per heavy atom. The summed E-state index contributed by atoms with van der Waals surface area (Å²) >= 11 is 1.93. The predicted molar refractivity (Wildman–Crippen MR) is 65.4 cm³/mol. The molecule has 2 rings (SSSR count). The van der Waals surface area contributed by atoms with E-state index in [-0.39, 0.29) is 0 Å². The molecule has 0 aromatic heterocycles. The van der Waals surface area contributed by atoms with Crippen LogP contribution in [-0.4, -0.2) is 67.4 Å². The highest BCUT2D eigenvalue weighted by molar-refractivity contribution is 7.98. The van der Waals surface area contributed by atoms with E-state index in [0.29, 0.717) is 6.04 Å². The molecule has 2 fully saturated rings. The molecule has 2 aliphatic rings. The van der Waals surface area contributed by atoms with Gasteiger partial charge in [0.1, 0.15) is 0 Å². The Labute approximate surface area is 97.1 Å². The highest BCUT2D eigenvalue weighted by Crippen LogP contribution is 2.16. The van der Waals surface area contributed by atoms with Gasteiger partial charge in [0.25, 0.3) is 0 Å². The van der Waals surface area contributed by atoms with Crippen LogP contribution in [0.2, 0.25) is 0 Å². The smallest absolute Gasteiger partial charge is 0.0621 e. The minimum absolute atomic E-state index is 0.704. The van der Waals surface area contributed by atoms with E-state index in [1.807, 2.05) is 11.8 Å². The van der Waals surface area contributed by atoms with Crippen molar-refractivity contribution in [3.63, 3.8) is 0 Å². The van der Waals surface area contributed by atoms with Gasteiger partial charge < -0.3 is 4.74 Å². The second-order valence-electron chi connectivity index (χ2n) is 4.44. The standard InChI is InChI=1S/C11H22N2OS/c1-15-10-12-4-6-13(7-5-12)11-3-2-8-14-9-11/h11H,2-10H2,1H3. The first kappa shape index (κ1) is 11.7. The van der Waals surface area contributed by atoms with Crippen molar-refractivity contribution in [1.82, 2.24) is 9.80 Å². The van der Waals surface area contributed by atoms with Crippen molar-refractivity contribution >= 4 is 11.8 Å². The average Bonchev–Trinajstić information content (AvgIpc) is 2.32. The number of rotatable bonds is 3. The van der Waals surface area contributed by atoms with Gasteiger partial charge in [-0.25, -0.2) is 0 Å². The first-order valence-corrected chi connectivity index (χ1v) is 7.32. The molecule has 2 saturated heterocycles. The lowest BCUT2D eigenvalue weighted by molar-refractivity contribution is 0.000888. The number of ether oxygens (including phenoxy) is 1. The molecule has 0 saturated carbocycles. The van der Waals surface area contributed by atoms with Crippen molar-refractivity contribution in [2.75, 3.05) is 51.5 Å². The lowest BCUT2D eigenvalue weighted by Gasteiger charge is -2.40. The molecule has 0 spiro atoms. The van der Waals surface area contributed by atoms with E-state index in [1.54, 1.807) is 0 Å². The number of piperazine rings is 1. The molecule has 0 amide bonds. The fourth-order valence-corrected chi connectivity index (χ4v) is 3.08. The fourth-order valence-electron chi connectivity index (χ4n) is 2.45. The van der Waals surface area contributed by atoms with E-state index in [4.69, 9.17) is 4.74 Å². The van der Waals surface area contributed by atoms with Crippen molar-refractivity contribution in [1.29, 1.82) is 0 Å². The van der Waals surface area contributed by atoms with Crippen LogP contribution in [0, 0.1) is 0 Å². The van der Waals surface area contributed by atoms with E-state index in [1.165, 1.54) is 44.9 Å². The maximum atomic E-state index is 5.55. The monoisotopic (exact) mass is 230 g/mol. The number of thioether (sulfide) groups is 1. The highest BCUT2D eigenvalue weighted by atomic mass is 32.2. The van der Waals surface area contributed by atoms with E-state index in [0.717, 1.165) is 13.2 Å². The second kappa shape index (κ2) is 6.09. The number of hydrogen-bond donors (Lipinski definition) is 0. The third-order valence-corrected chi connectivity index (χ3v) is 3.99. The summed E-state index contributed by atoms with van der Waals surface area (Å²) in [6.45, 7) is 6.86. The molecule has 2 aliphatic heterocycles. The summed E-state index contributed by atoms with van der Waals surface area (Å²) in [5, 5.41) is 0. The molecule has 0 N–H and O–H groups in total. The summed E-state index contributed by atoms with van der Waals surface area (Å²) in [4.78, 5) is 5.17. The normalized spacial score (nSPS) is 30.6. The molecule has 0 aliphatic carbocycles. The van der Waals surface area contributed by atoms with Crippen LogP contribution in [0.15, 0.2) is 0 Å². The van der Waals surface area contributed by atoms with E-state index in [9.17, 15) is 0 Å². The molecule has 15 heavy (non-hydrogen) atoms. The van der Waals surface area contributed by atoms with Crippen LogP contribution in [0.3, 0.4) is 0 Å².